The molecular formula is C19H15F6N3O3S. The minimum absolute atomic E-state index is 0.0157. The molecule has 3 rings (SSSR count). The topological polar surface area (TPSA) is 73.3 Å². The van der Waals surface area contributed by atoms with Gasteiger partial charge in [-0.2, -0.15) is 31.3 Å². The molecule has 0 spiro atoms. The predicted molar refractivity (Wildman–Crippen MR) is 104 cm³/mol. The summed E-state index contributed by atoms with van der Waals surface area (Å²) < 4.78 is 88.6. The molecule has 0 aliphatic heterocycles. The fourth-order valence-electron chi connectivity index (χ4n) is 2.92. The Balaban J connectivity index is 2.04. The molecule has 3 aromatic rings. The van der Waals surface area contributed by atoms with Gasteiger partial charge in [0.2, 0.25) is 5.88 Å². The number of ether oxygens (including phenoxy) is 2. The number of methoxy groups -OCH3 is 2. The van der Waals surface area contributed by atoms with Gasteiger partial charge in [-0.1, -0.05) is 0 Å². The van der Waals surface area contributed by atoms with Crippen molar-refractivity contribution in [2.45, 2.75) is 25.9 Å². The quantitative estimate of drug-likeness (QED) is 0.493. The molecule has 0 unspecified atom stereocenters. The van der Waals surface area contributed by atoms with Crippen molar-refractivity contribution in [1.82, 2.24) is 9.97 Å². The van der Waals surface area contributed by atoms with Gasteiger partial charge in [0.05, 0.1) is 28.5 Å². The first-order valence-electron chi connectivity index (χ1n) is 8.79. The Morgan fingerprint density at radius 3 is 2.12 bits per heavy atom. The first kappa shape index (κ1) is 23.7. The number of anilines is 1. The van der Waals surface area contributed by atoms with Crippen LogP contribution < -0.4 is 10.1 Å². The molecule has 172 valence electrons. The van der Waals surface area contributed by atoms with Crippen molar-refractivity contribution in [2.24, 2.45) is 0 Å². The lowest BCUT2D eigenvalue weighted by atomic mass is 10.1. The van der Waals surface area contributed by atoms with Crippen molar-refractivity contribution in [1.29, 1.82) is 0 Å². The van der Waals surface area contributed by atoms with Gasteiger partial charge in [-0.15, -0.1) is 11.3 Å². The van der Waals surface area contributed by atoms with Crippen LogP contribution in [0.15, 0.2) is 18.2 Å². The van der Waals surface area contributed by atoms with Crippen LogP contribution in [0.1, 0.15) is 32.2 Å². The van der Waals surface area contributed by atoms with Gasteiger partial charge in [0, 0.05) is 12.8 Å². The average molecular weight is 479 g/mol. The van der Waals surface area contributed by atoms with Gasteiger partial charge in [0.1, 0.15) is 11.4 Å². The number of halogens is 6. The predicted octanol–water partition coefficient (Wildman–Crippen LogP) is 5.44. The van der Waals surface area contributed by atoms with E-state index in [4.69, 9.17) is 9.47 Å². The molecule has 0 saturated heterocycles. The zero-order chi connectivity index (χ0) is 23.8. The van der Waals surface area contributed by atoms with Crippen LogP contribution in [0, 0.1) is 6.92 Å². The first-order chi connectivity index (χ1) is 14.8. The van der Waals surface area contributed by atoms with E-state index in [9.17, 15) is 31.1 Å². The highest BCUT2D eigenvalue weighted by Crippen LogP contribution is 2.39. The molecule has 1 N–H and O–H groups in total. The number of rotatable bonds is 5. The van der Waals surface area contributed by atoms with E-state index in [0.717, 1.165) is 11.3 Å². The third-order valence-corrected chi connectivity index (χ3v) is 5.51. The summed E-state index contributed by atoms with van der Waals surface area (Å²) in [5.41, 5.74) is -3.35. The van der Waals surface area contributed by atoms with Gasteiger partial charge in [0.15, 0.2) is 5.82 Å². The molecular weight excluding hydrogens is 464 g/mol. The lowest BCUT2D eigenvalue weighted by Gasteiger charge is -2.14. The maximum atomic E-state index is 13.1. The summed E-state index contributed by atoms with van der Waals surface area (Å²) >= 11 is 0.897. The highest BCUT2D eigenvalue weighted by molar-refractivity contribution is 7.20. The molecule has 32 heavy (non-hydrogen) atoms. The van der Waals surface area contributed by atoms with Gasteiger partial charge >= 0.3 is 12.4 Å². The normalized spacial score (nSPS) is 12.3. The number of carbonyl (C=O) groups is 1. The number of aromatic nitrogens is 2. The van der Waals surface area contributed by atoms with Gasteiger partial charge < -0.3 is 14.8 Å². The molecule has 6 nitrogen and oxygen atoms in total. The van der Waals surface area contributed by atoms with E-state index in [1.807, 2.05) is 0 Å². The number of benzene rings is 1. The Kier molecular flexibility index (Phi) is 6.33. The van der Waals surface area contributed by atoms with E-state index in [0.29, 0.717) is 27.9 Å². The van der Waals surface area contributed by atoms with Crippen molar-refractivity contribution in [2.75, 3.05) is 19.5 Å². The second-order valence-electron chi connectivity index (χ2n) is 6.57. The second kappa shape index (κ2) is 8.54. The Morgan fingerprint density at radius 2 is 1.62 bits per heavy atom. The average Bonchev–Trinajstić information content (AvgIpc) is 3.03. The third kappa shape index (κ3) is 4.78. The number of carbonyl (C=O) groups excluding carboxylic acids is 1. The van der Waals surface area contributed by atoms with Crippen LogP contribution in [0.25, 0.3) is 10.2 Å². The fraction of sp³-hybridized carbons (Fsp3) is 0.316. The number of hydrogen-bond acceptors (Lipinski definition) is 6. The Morgan fingerprint density at radius 1 is 1.03 bits per heavy atom. The SMILES string of the molecule is COCc1nc(OC)c2c(C)c(C(=O)Nc3cc(C(F)(F)F)cc(C(F)(F)F)c3)sc2n1. The van der Waals surface area contributed by atoms with Crippen LogP contribution in [0.4, 0.5) is 32.0 Å². The largest absolute Gasteiger partial charge is 0.480 e. The van der Waals surface area contributed by atoms with Crippen molar-refractivity contribution < 1.29 is 40.6 Å². The molecule has 0 saturated carbocycles. The van der Waals surface area contributed by atoms with Crippen LogP contribution >= 0.6 is 11.3 Å². The Hall–Kier alpha value is -2.93. The number of amides is 1. The number of thiophene rings is 1. The van der Waals surface area contributed by atoms with Gasteiger partial charge in [-0.3, -0.25) is 4.79 Å². The molecule has 0 atom stereocenters. The molecule has 0 aliphatic rings. The van der Waals surface area contributed by atoms with Crippen molar-refractivity contribution in [3.05, 3.63) is 45.6 Å². The lowest BCUT2D eigenvalue weighted by Crippen LogP contribution is -2.15. The zero-order valence-electron chi connectivity index (χ0n) is 16.7. The minimum atomic E-state index is -5.03. The van der Waals surface area contributed by atoms with Gasteiger partial charge in [0.25, 0.3) is 5.91 Å². The van der Waals surface area contributed by atoms with Crippen LogP contribution in [0.5, 0.6) is 5.88 Å². The summed E-state index contributed by atoms with van der Waals surface area (Å²) in [5.74, 6) is -0.459. The molecule has 1 amide bonds. The summed E-state index contributed by atoms with van der Waals surface area (Å²) in [6.07, 6.45) is -10.1. The van der Waals surface area contributed by atoms with Crippen LogP contribution in [0.2, 0.25) is 0 Å². The summed E-state index contributed by atoms with van der Waals surface area (Å²) in [7, 11) is 2.79. The molecule has 0 radical (unpaired) electrons. The number of nitrogens with one attached hydrogen (secondary N) is 1. The van der Waals surface area contributed by atoms with Gasteiger partial charge in [-0.05, 0) is 30.7 Å². The lowest BCUT2D eigenvalue weighted by molar-refractivity contribution is -0.143. The van der Waals surface area contributed by atoms with E-state index < -0.39 is 35.1 Å². The maximum Gasteiger partial charge on any atom is 0.416 e. The maximum absolute atomic E-state index is 13.1. The Labute approximate surface area is 181 Å². The molecule has 1 aromatic carbocycles. The zero-order valence-corrected chi connectivity index (χ0v) is 17.6. The summed E-state index contributed by atoms with van der Waals surface area (Å²) in [6.45, 7) is 1.61. The number of fused-ring (bicyclic) bond motifs is 1. The highest BCUT2D eigenvalue weighted by Gasteiger charge is 2.37. The van der Waals surface area contributed by atoms with E-state index in [1.54, 1.807) is 6.92 Å². The standard InChI is InChI=1S/C19H15F6N3O3S/c1-8-13-16(31-3)27-12(7-30-2)28-17(13)32-14(8)15(29)26-11-5-9(18(20,21)22)4-10(6-11)19(23,24)25/h4-6H,7H2,1-3H3,(H,26,29). The van der Waals surface area contributed by atoms with Crippen molar-refractivity contribution in [3.63, 3.8) is 0 Å². The molecule has 2 heterocycles. The van der Waals surface area contributed by atoms with E-state index in [1.165, 1.54) is 14.2 Å². The Bertz CT molecular complexity index is 1140. The number of nitrogens with zero attached hydrogens (tertiary/aromatic N) is 2. The molecule has 2 aromatic heterocycles. The summed E-state index contributed by atoms with van der Waals surface area (Å²) in [6, 6.07) is 0.859. The number of hydrogen-bond donors (Lipinski definition) is 1. The van der Waals surface area contributed by atoms with E-state index >= 15 is 0 Å². The fourth-order valence-corrected chi connectivity index (χ4v) is 4.00. The van der Waals surface area contributed by atoms with Crippen LogP contribution in [-0.2, 0) is 23.7 Å². The molecule has 0 fully saturated rings. The number of aryl methyl sites for hydroxylation is 1. The molecule has 0 aliphatic carbocycles. The monoisotopic (exact) mass is 479 g/mol. The van der Waals surface area contributed by atoms with Crippen LogP contribution in [0.3, 0.4) is 0 Å². The third-order valence-electron chi connectivity index (χ3n) is 4.32. The smallest absolute Gasteiger partial charge is 0.416 e. The second-order valence-corrected chi connectivity index (χ2v) is 7.57. The minimum Gasteiger partial charge on any atom is -0.480 e. The molecule has 13 heteroatoms. The van der Waals surface area contributed by atoms with E-state index in [2.05, 4.69) is 15.3 Å². The summed E-state index contributed by atoms with van der Waals surface area (Å²) in [5, 5.41) is 2.53. The van der Waals surface area contributed by atoms with Crippen molar-refractivity contribution in [3.8, 4) is 5.88 Å². The van der Waals surface area contributed by atoms with Gasteiger partial charge in [-0.25, -0.2) is 4.98 Å². The molecule has 0 bridgehead atoms. The number of alkyl halides is 6. The van der Waals surface area contributed by atoms with E-state index in [-0.39, 0.29) is 29.3 Å². The highest BCUT2D eigenvalue weighted by atomic mass is 32.1. The van der Waals surface area contributed by atoms with Crippen molar-refractivity contribution >= 4 is 33.1 Å². The summed E-state index contributed by atoms with van der Waals surface area (Å²) in [4.78, 5) is 21.6. The first-order valence-corrected chi connectivity index (χ1v) is 9.60. The van der Waals surface area contributed by atoms with Crippen LogP contribution in [-0.4, -0.2) is 30.1 Å².